The topological polar surface area (TPSA) is 207 Å². The van der Waals surface area contributed by atoms with E-state index in [9.17, 15) is 28.8 Å². The van der Waals surface area contributed by atoms with Gasteiger partial charge in [0, 0.05) is 41.5 Å². The average molecular weight is 604 g/mol. The molecule has 0 amide bonds. The molecule has 0 aromatic heterocycles. The Bertz CT molecular complexity index is 1110. The van der Waals surface area contributed by atoms with E-state index < -0.39 is 97.2 Å². The van der Waals surface area contributed by atoms with Crippen LogP contribution in [0.25, 0.3) is 0 Å². The molecule has 0 aliphatic carbocycles. The van der Waals surface area contributed by atoms with Crippen LogP contribution in [0.5, 0.6) is 0 Å². The monoisotopic (exact) mass is 603 g/mol. The van der Waals surface area contributed by atoms with Crippen molar-refractivity contribution < 1.29 is 76.1 Å². The summed E-state index contributed by atoms with van der Waals surface area (Å²) < 4.78 is 54.9. The molecule has 3 aliphatic heterocycles. The highest BCUT2D eigenvalue weighted by Crippen LogP contribution is 2.37. The maximum atomic E-state index is 12.8. The summed E-state index contributed by atoms with van der Waals surface area (Å²) in [7, 11) is 1.04. The summed E-state index contributed by atoms with van der Waals surface area (Å²) in [5.74, 6) is -4.89. The van der Waals surface area contributed by atoms with Crippen molar-refractivity contribution in [2.24, 2.45) is 4.99 Å². The molecule has 2 fully saturated rings. The summed E-state index contributed by atoms with van der Waals surface area (Å²) in [4.78, 5) is 77.0. The van der Waals surface area contributed by atoms with E-state index in [1.165, 1.54) is 13.8 Å². The first kappa shape index (κ1) is 32.7. The first-order valence-corrected chi connectivity index (χ1v) is 12.8. The number of ether oxygens (including phenoxy) is 10. The van der Waals surface area contributed by atoms with Gasteiger partial charge in [-0.3, -0.25) is 24.0 Å². The Kier molecular flexibility index (Phi) is 10.8. The van der Waals surface area contributed by atoms with Crippen molar-refractivity contribution in [1.29, 1.82) is 0 Å². The molecule has 0 aromatic rings. The third-order valence-corrected chi connectivity index (χ3v) is 6.11. The van der Waals surface area contributed by atoms with Gasteiger partial charge in [0.2, 0.25) is 6.29 Å². The number of methoxy groups -OCH3 is 1. The minimum atomic E-state index is -1.73. The SMILES string of the molecule is COC(=O)[C@H]1O[C@@H](O[C@@H]2[C@H]3N=C(C)O[C@H]3O[C@H](COC(C)=O)[C@H]2OC(C)=O)[C@H](OC(C)=O)[C@@H](OC(C)=O)[C@@H]1OC(C)=O. The second-order valence-electron chi connectivity index (χ2n) is 9.45. The normalized spacial score (nSPS) is 33.5. The van der Waals surface area contributed by atoms with Gasteiger partial charge in [0.25, 0.3) is 0 Å². The highest BCUT2D eigenvalue weighted by Gasteiger charge is 2.59. The Morgan fingerprint density at radius 2 is 1.26 bits per heavy atom. The van der Waals surface area contributed by atoms with Gasteiger partial charge < -0.3 is 47.4 Å². The molecule has 3 aliphatic rings. The molecule has 42 heavy (non-hydrogen) atoms. The fraction of sp³-hybridized carbons (Fsp3) is 0.720. The number of esters is 6. The lowest BCUT2D eigenvalue weighted by Gasteiger charge is -2.47. The zero-order valence-corrected chi connectivity index (χ0v) is 24.0. The van der Waals surface area contributed by atoms with Gasteiger partial charge in [-0.25, -0.2) is 9.79 Å². The van der Waals surface area contributed by atoms with Gasteiger partial charge in [-0.15, -0.1) is 0 Å². The summed E-state index contributed by atoms with van der Waals surface area (Å²) in [6.07, 6.45) is -13.2. The van der Waals surface area contributed by atoms with Gasteiger partial charge >= 0.3 is 35.8 Å². The Hall–Kier alpha value is -3.83. The molecule has 17 heteroatoms. The van der Waals surface area contributed by atoms with Crippen molar-refractivity contribution in [3.05, 3.63) is 0 Å². The summed E-state index contributed by atoms with van der Waals surface area (Å²) in [6, 6.07) is -1.00. The lowest BCUT2D eigenvalue weighted by molar-refractivity contribution is -0.334. The lowest BCUT2D eigenvalue weighted by atomic mass is 9.95. The van der Waals surface area contributed by atoms with E-state index in [1.54, 1.807) is 0 Å². The van der Waals surface area contributed by atoms with Crippen molar-refractivity contribution in [2.75, 3.05) is 13.7 Å². The molecule has 0 unspecified atom stereocenters. The smallest absolute Gasteiger partial charge is 0.339 e. The molecule has 10 atom stereocenters. The molecular weight excluding hydrogens is 570 g/mol. The predicted molar refractivity (Wildman–Crippen MR) is 131 cm³/mol. The zero-order chi connectivity index (χ0) is 31.3. The van der Waals surface area contributed by atoms with Gasteiger partial charge in [0.15, 0.2) is 42.7 Å². The van der Waals surface area contributed by atoms with E-state index in [0.717, 1.165) is 34.8 Å². The number of hydrogen-bond donors (Lipinski definition) is 0. The molecule has 0 radical (unpaired) electrons. The molecule has 2 saturated heterocycles. The lowest BCUT2D eigenvalue weighted by Crippen LogP contribution is -2.66. The predicted octanol–water partition coefficient (Wildman–Crippen LogP) is -0.898. The van der Waals surface area contributed by atoms with Crippen molar-refractivity contribution in [2.45, 2.75) is 103 Å². The highest BCUT2D eigenvalue weighted by atomic mass is 16.8. The van der Waals surface area contributed by atoms with Crippen molar-refractivity contribution in [1.82, 2.24) is 0 Å². The number of fused-ring (bicyclic) bond motifs is 1. The quantitative estimate of drug-likeness (QED) is 0.231. The van der Waals surface area contributed by atoms with E-state index in [1.807, 2.05) is 0 Å². The highest BCUT2D eigenvalue weighted by molar-refractivity contribution is 5.77. The fourth-order valence-corrected chi connectivity index (χ4v) is 4.70. The minimum absolute atomic E-state index is 0.189. The second-order valence-corrected chi connectivity index (χ2v) is 9.45. The zero-order valence-electron chi connectivity index (χ0n) is 24.0. The maximum absolute atomic E-state index is 12.8. The van der Waals surface area contributed by atoms with E-state index in [-0.39, 0.29) is 12.5 Å². The van der Waals surface area contributed by atoms with Gasteiger partial charge in [-0.05, 0) is 0 Å². The summed E-state index contributed by atoms with van der Waals surface area (Å²) in [5, 5.41) is 0. The van der Waals surface area contributed by atoms with Crippen LogP contribution in [0.3, 0.4) is 0 Å². The van der Waals surface area contributed by atoms with Gasteiger partial charge in [-0.2, -0.15) is 0 Å². The van der Waals surface area contributed by atoms with Crippen molar-refractivity contribution in [3.8, 4) is 0 Å². The van der Waals surface area contributed by atoms with Crippen LogP contribution in [0.4, 0.5) is 0 Å². The number of rotatable bonds is 9. The maximum Gasteiger partial charge on any atom is 0.339 e. The number of nitrogens with zero attached hydrogens (tertiary/aromatic N) is 1. The van der Waals surface area contributed by atoms with Crippen LogP contribution in [0.1, 0.15) is 41.5 Å². The number of hydrogen-bond acceptors (Lipinski definition) is 17. The molecule has 17 nitrogen and oxygen atoms in total. The fourth-order valence-electron chi connectivity index (χ4n) is 4.70. The summed E-state index contributed by atoms with van der Waals surface area (Å²) >= 11 is 0. The number of carbonyl (C=O) groups excluding carboxylic acids is 6. The first-order valence-electron chi connectivity index (χ1n) is 12.8. The molecule has 0 bridgehead atoms. The Balaban J connectivity index is 2.09. The Morgan fingerprint density at radius 1 is 0.714 bits per heavy atom. The molecule has 3 rings (SSSR count). The molecule has 3 heterocycles. The molecular formula is C25H33NO16. The minimum Gasteiger partial charge on any atom is -0.467 e. The summed E-state index contributed by atoms with van der Waals surface area (Å²) in [5.41, 5.74) is 0. The molecule has 0 saturated carbocycles. The molecule has 0 N–H and O–H groups in total. The second kappa shape index (κ2) is 13.9. The van der Waals surface area contributed by atoms with Crippen LogP contribution in [-0.4, -0.2) is 117 Å². The Labute approximate surface area is 239 Å². The van der Waals surface area contributed by atoms with E-state index in [4.69, 9.17) is 47.4 Å². The van der Waals surface area contributed by atoms with Crippen LogP contribution in [0.2, 0.25) is 0 Å². The first-order chi connectivity index (χ1) is 19.7. The van der Waals surface area contributed by atoms with E-state index in [0.29, 0.717) is 0 Å². The van der Waals surface area contributed by atoms with E-state index >= 15 is 0 Å². The van der Waals surface area contributed by atoms with Gasteiger partial charge in [0.05, 0.1) is 7.11 Å². The standard InChI is InChI=1S/C25H33NO16/c1-9-26-16-18(17(36-11(3)28)15(8-34-10(2)27)40-24(16)35-9)41-25-22(39-14(6)31)20(38-13(5)30)19(37-12(4)29)21(42-25)23(32)33-7/h15-22,24-25H,8H2,1-7H3/t15-,16-,17-,18-,19+,20+,21+,22-,24+,25-/m1/s1. The van der Waals surface area contributed by atoms with Crippen molar-refractivity contribution >= 4 is 41.7 Å². The molecule has 0 aromatic carbocycles. The van der Waals surface area contributed by atoms with Crippen LogP contribution < -0.4 is 0 Å². The van der Waals surface area contributed by atoms with Gasteiger partial charge in [-0.1, -0.05) is 0 Å². The van der Waals surface area contributed by atoms with Crippen LogP contribution in [-0.2, 0) is 76.1 Å². The van der Waals surface area contributed by atoms with Crippen LogP contribution in [0.15, 0.2) is 4.99 Å². The number of aliphatic imine (C=N–C) groups is 1. The summed E-state index contributed by atoms with van der Waals surface area (Å²) in [6.45, 7) is 6.58. The Morgan fingerprint density at radius 3 is 1.81 bits per heavy atom. The van der Waals surface area contributed by atoms with E-state index in [2.05, 4.69) is 4.99 Å². The van der Waals surface area contributed by atoms with Crippen LogP contribution in [0, 0.1) is 0 Å². The third-order valence-electron chi connectivity index (χ3n) is 6.11. The molecule has 0 spiro atoms. The van der Waals surface area contributed by atoms with Gasteiger partial charge in [0.1, 0.15) is 24.9 Å². The largest absolute Gasteiger partial charge is 0.467 e. The molecule has 234 valence electrons. The third kappa shape index (κ3) is 7.92. The van der Waals surface area contributed by atoms with Crippen LogP contribution >= 0.6 is 0 Å². The average Bonchev–Trinajstić information content (AvgIpc) is 3.25. The number of carbonyl (C=O) groups is 6. The van der Waals surface area contributed by atoms with Crippen molar-refractivity contribution in [3.63, 3.8) is 0 Å².